The average molecular weight is 311 g/mol. The Hall–Kier alpha value is -0.650. The highest BCUT2D eigenvalue weighted by molar-refractivity contribution is 7.15. The molecule has 21 heavy (non-hydrogen) atoms. The third-order valence-corrected chi connectivity index (χ3v) is 5.77. The van der Waals surface area contributed by atoms with E-state index >= 15 is 0 Å². The second-order valence-corrected chi connectivity index (χ2v) is 7.62. The van der Waals surface area contributed by atoms with E-state index in [9.17, 15) is 0 Å². The summed E-state index contributed by atoms with van der Waals surface area (Å²) in [6.45, 7) is 10.0. The predicted molar refractivity (Wildman–Crippen MR) is 92.4 cm³/mol. The van der Waals surface area contributed by atoms with Crippen LogP contribution in [0.25, 0.3) is 0 Å². The molecule has 1 aliphatic heterocycles. The van der Waals surface area contributed by atoms with Crippen molar-refractivity contribution >= 4 is 16.5 Å². The van der Waals surface area contributed by atoms with Crippen molar-refractivity contribution in [2.45, 2.75) is 45.7 Å². The summed E-state index contributed by atoms with van der Waals surface area (Å²) in [7, 11) is 6.38. The van der Waals surface area contributed by atoms with Crippen molar-refractivity contribution in [2.24, 2.45) is 5.92 Å². The second kappa shape index (κ2) is 7.07. The first-order chi connectivity index (χ1) is 9.97. The van der Waals surface area contributed by atoms with Crippen LogP contribution in [0.3, 0.4) is 0 Å². The van der Waals surface area contributed by atoms with Crippen LogP contribution in [0.2, 0.25) is 0 Å². The van der Waals surface area contributed by atoms with E-state index in [2.05, 4.69) is 50.0 Å². The third-order valence-electron chi connectivity index (χ3n) is 4.64. The van der Waals surface area contributed by atoms with Gasteiger partial charge in [-0.05, 0) is 39.4 Å². The molecular formula is C16H30N4S. The summed E-state index contributed by atoms with van der Waals surface area (Å²) in [5, 5.41) is 4.50. The summed E-state index contributed by atoms with van der Waals surface area (Å²) in [5.74, 6) is 1.24. The summed E-state index contributed by atoms with van der Waals surface area (Å²) in [6.07, 6.45) is 1.15. The Labute approximate surface area is 133 Å². The lowest BCUT2D eigenvalue weighted by molar-refractivity contribution is 0.266. The van der Waals surface area contributed by atoms with E-state index in [0.29, 0.717) is 17.9 Å². The molecule has 2 heterocycles. The summed E-state index contributed by atoms with van der Waals surface area (Å²) in [5.41, 5.74) is 1.30. The number of nitrogens with zero attached hydrogens (tertiary/aromatic N) is 3. The van der Waals surface area contributed by atoms with Gasteiger partial charge in [0.2, 0.25) is 0 Å². The first kappa shape index (κ1) is 16.7. The van der Waals surface area contributed by atoms with Crippen molar-refractivity contribution in [1.82, 2.24) is 15.2 Å². The molecule has 0 amide bonds. The van der Waals surface area contributed by atoms with Gasteiger partial charge in [0.05, 0.1) is 5.69 Å². The van der Waals surface area contributed by atoms with Gasteiger partial charge in [-0.3, -0.25) is 0 Å². The van der Waals surface area contributed by atoms with E-state index in [1.807, 2.05) is 18.4 Å². The van der Waals surface area contributed by atoms with Crippen LogP contribution in [0.15, 0.2) is 0 Å². The molecule has 1 aromatic heterocycles. The number of hydrogen-bond acceptors (Lipinski definition) is 5. The molecule has 0 aliphatic carbocycles. The van der Waals surface area contributed by atoms with Crippen LogP contribution in [-0.2, 0) is 6.54 Å². The molecule has 1 fully saturated rings. The van der Waals surface area contributed by atoms with Gasteiger partial charge in [0, 0.05) is 30.6 Å². The number of anilines is 1. The standard InChI is InChI=1S/C16H30N4S/c1-7-11(2)15-14(8-17-4)21-16(18-15)20-9-12(3)13(10-20)19(5)6/h11-13,17H,7-10H2,1-6H3. The summed E-state index contributed by atoms with van der Waals surface area (Å²) in [6, 6.07) is 0.633. The van der Waals surface area contributed by atoms with Crippen LogP contribution < -0.4 is 10.2 Å². The molecule has 1 saturated heterocycles. The molecule has 3 atom stereocenters. The summed E-state index contributed by atoms with van der Waals surface area (Å²) < 4.78 is 0. The molecule has 0 aromatic carbocycles. The maximum absolute atomic E-state index is 5.00. The van der Waals surface area contributed by atoms with Crippen LogP contribution in [0.1, 0.15) is 43.7 Å². The highest BCUT2D eigenvalue weighted by Gasteiger charge is 2.33. The van der Waals surface area contributed by atoms with Crippen LogP contribution >= 0.6 is 11.3 Å². The maximum Gasteiger partial charge on any atom is 0.185 e. The SMILES string of the molecule is CCC(C)c1nc(N2CC(C)C(N(C)C)C2)sc1CNC. The number of aromatic nitrogens is 1. The zero-order chi connectivity index (χ0) is 15.6. The Morgan fingerprint density at radius 1 is 1.43 bits per heavy atom. The highest BCUT2D eigenvalue weighted by atomic mass is 32.1. The quantitative estimate of drug-likeness (QED) is 0.875. The van der Waals surface area contributed by atoms with Gasteiger partial charge in [-0.2, -0.15) is 0 Å². The Bertz CT molecular complexity index is 457. The van der Waals surface area contributed by atoms with Gasteiger partial charge in [-0.15, -0.1) is 11.3 Å². The van der Waals surface area contributed by atoms with Gasteiger partial charge in [0.15, 0.2) is 5.13 Å². The Kier molecular flexibility index (Phi) is 5.63. The van der Waals surface area contributed by atoms with E-state index in [0.717, 1.165) is 26.1 Å². The topological polar surface area (TPSA) is 31.4 Å². The zero-order valence-electron chi connectivity index (χ0n) is 14.3. The average Bonchev–Trinajstić information content (AvgIpc) is 3.02. The molecule has 1 N–H and O–H groups in total. The lowest BCUT2D eigenvalue weighted by atomic mass is 10.0. The van der Waals surface area contributed by atoms with Crippen molar-refractivity contribution in [1.29, 1.82) is 0 Å². The van der Waals surface area contributed by atoms with Gasteiger partial charge >= 0.3 is 0 Å². The van der Waals surface area contributed by atoms with Gasteiger partial charge < -0.3 is 15.1 Å². The van der Waals surface area contributed by atoms with Crippen LogP contribution in [0, 0.1) is 5.92 Å². The van der Waals surface area contributed by atoms with E-state index < -0.39 is 0 Å². The van der Waals surface area contributed by atoms with E-state index in [1.165, 1.54) is 15.7 Å². The monoisotopic (exact) mass is 310 g/mol. The van der Waals surface area contributed by atoms with Gasteiger partial charge in [0.25, 0.3) is 0 Å². The van der Waals surface area contributed by atoms with Crippen molar-refractivity contribution < 1.29 is 0 Å². The van der Waals surface area contributed by atoms with Crippen molar-refractivity contribution in [3.05, 3.63) is 10.6 Å². The number of nitrogens with one attached hydrogen (secondary N) is 1. The minimum absolute atomic E-state index is 0.544. The Balaban J connectivity index is 2.21. The lowest BCUT2D eigenvalue weighted by Gasteiger charge is -2.22. The molecule has 3 unspecified atom stereocenters. The molecule has 0 spiro atoms. The molecule has 5 heteroatoms. The van der Waals surface area contributed by atoms with E-state index in [4.69, 9.17) is 4.98 Å². The lowest BCUT2D eigenvalue weighted by Crippen LogP contribution is -2.34. The first-order valence-corrected chi connectivity index (χ1v) is 8.85. The van der Waals surface area contributed by atoms with Crippen LogP contribution in [0.5, 0.6) is 0 Å². The van der Waals surface area contributed by atoms with E-state index in [-0.39, 0.29) is 0 Å². The molecule has 2 rings (SSSR count). The van der Waals surface area contributed by atoms with Gasteiger partial charge in [-0.1, -0.05) is 20.8 Å². The minimum atomic E-state index is 0.544. The highest BCUT2D eigenvalue weighted by Crippen LogP contribution is 2.35. The fourth-order valence-corrected chi connectivity index (χ4v) is 4.34. The zero-order valence-corrected chi connectivity index (χ0v) is 15.1. The Morgan fingerprint density at radius 2 is 2.14 bits per heavy atom. The minimum Gasteiger partial charge on any atom is -0.346 e. The predicted octanol–water partition coefficient (Wildman–Crippen LogP) is 2.76. The molecule has 120 valence electrons. The van der Waals surface area contributed by atoms with Crippen LogP contribution in [0.4, 0.5) is 5.13 Å². The normalized spacial score (nSPS) is 24.0. The van der Waals surface area contributed by atoms with Gasteiger partial charge in [0.1, 0.15) is 0 Å². The van der Waals surface area contributed by atoms with Crippen molar-refractivity contribution in [3.63, 3.8) is 0 Å². The van der Waals surface area contributed by atoms with Crippen molar-refractivity contribution in [2.75, 3.05) is 39.1 Å². The Morgan fingerprint density at radius 3 is 2.67 bits per heavy atom. The fourth-order valence-electron chi connectivity index (χ4n) is 3.13. The number of likely N-dealkylation sites (N-methyl/N-ethyl adjacent to an activating group) is 1. The summed E-state index contributed by atoms with van der Waals surface area (Å²) >= 11 is 1.87. The van der Waals surface area contributed by atoms with E-state index in [1.54, 1.807) is 0 Å². The van der Waals surface area contributed by atoms with Crippen molar-refractivity contribution in [3.8, 4) is 0 Å². The fraction of sp³-hybridized carbons (Fsp3) is 0.812. The second-order valence-electron chi connectivity index (χ2n) is 6.56. The molecule has 0 radical (unpaired) electrons. The summed E-state index contributed by atoms with van der Waals surface area (Å²) in [4.78, 5) is 11.2. The molecule has 1 aliphatic rings. The number of rotatable bonds is 6. The molecule has 4 nitrogen and oxygen atoms in total. The smallest absolute Gasteiger partial charge is 0.185 e. The van der Waals surface area contributed by atoms with Crippen LogP contribution in [-0.4, -0.2) is 50.2 Å². The molecule has 0 saturated carbocycles. The number of hydrogen-bond donors (Lipinski definition) is 1. The molecule has 0 bridgehead atoms. The molecular weight excluding hydrogens is 280 g/mol. The largest absolute Gasteiger partial charge is 0.346 e. The third kappa shape index (κ3) is 3.58. The molecule has 1 aromatic rings. The van der Waals surface area contributed by atoms with Gasteiger partial charge in [-0.25, -0.2) is 4.98 Å². The number of thiazole rings is 1. The maximum atomic E-state index is 5.00. The first-order valence-electron chi connectivity index (χ1n) is 8.03.